The average Bonchev–Trinajstić information content (AvgIpc) is 2.64. The van der Waals surface area contributed by atoms with Crippen LogP contribution in [0, 0.1) is 0 Å². The van der Waals surface area contributed by atoms with Crippen LogP contribution in [0.3, 0.4) is 0 Å². The highest BCUT2D eigenvalue weighted by Gasteiger charge is 2.16. The standard InChI is InChI=1S/C13H25N3S/c1-13(2,3)11-10-17-12(15-11)9-14-7-6-8-16(4)5/h10,14H,6-9H2,1-5H3. The molecule has 0 aliphatic heterocycles. The molecule has 0 radical (unpaired) electrons. The lowest BCUT2D eigenvalue weighted by atomic mass is 9.93. The molecule has 4 heteroatoms. The quantitative estimate of drug-likeness (QED) is 0.792. The van der Waals surface area contributed by atoms with Crippen LogP contribution in [0.2, 0.25) is 0 Å². The monoisotopic (exact) mass is 255 g/mol. The van der Waals surface area contributed by atoms with Crippen molar-refractivity contribution < 1.29 is 0 Å². The molecule has 0 unspecified atom stereocenters. The lowest BCUT2D eigenvalue weighted by Crippen LogP contribution is -2.21. The second kappa shape index (κ2) is 6.47. The predicted molar refractivity (Wildman–Crippen MR) is 75.7 cm³/mol. The first-order valence-electron chi connectivity index (χ1n) is 6.20. The maximum absolute atomic E-state index is 4.66. The van der Waals surface area contributed by atoms with Crippen LogP contribution < -0.4 is 5.32 Å². The van der Waals surface area contributed by atoms with E-state index >= 15 is 0 Å². The van der Waals surface area contributed by atoms with Gasteiger partial charge >= 0.3 is 0 Å². The first-order valence-corrected chi connectivity index (χ1v) is 7.08. The molecule has 1 aromatic heterocycles. The van der Waals surface area contributed by atoms with Crippen molar-refractivity contribution in [3.63, 3.8) is 0 Å². The van der Waals surface area contributed by atoms with E-state index in [1.165, 1.54) is 17.1 Å². The third kappa shape index (κ3) is 5.61. The van der Waals surface area contributed by atoms with Crippen LogP contribution in [-0.2, 0) is 12.0 Å². The van der Waals surface area contributed by atoms with Crippen molar-refractivity contribution in [3.8, 4) is 0 Å². The molecule has 0 bridgehead atoms. The first-order chi connectivity index (χ1) is 7.89. The van der Waals surface area contributed by atoms with Gasteiger partial charge in [-0.3, -0.25) is 0 Å². The highest BCUT2D eigenvalue weighted by Crippen LogP contribution is 2.23. The molecule has 1 heterocycles. The van der Waals surface area contributed by atoms with E-state index in [-0.39, 0.29) is 5.41 Å². The minimum atomic E-state index is 0.166. The Kier molecular flexibility index (Phi) is 5.56. The SMILES string of the molecule is CN(C)CCCNCc1nc(C(C)(C)C)cs1. The van der Waals surface area contributed by atoms with E-state index in [0.29, 0.717) is 0 Å². The predicted octanol–water partition coefficient (Wildman–Crippen LogP) is 2.48. The van der Waals surface area contributed by atoms with Crippen molar-refractivity contribution in [2.75, 3.05) is 27.2 Å². The third-order valence-electron chi connectivity index (χ3n) is 2.56. The Morgan fingerprint density at radius 2 is 2.06 bits per heavy atom. The molecule has 0 aliphatic rings. The van der Waals surface area contributed by atoms with E-state index in [1.54, 1.807) is 11.3 Å². The summed E-state index contributed by atoms with van der Waals surface area (Å²) in [5.74, 6) is 0. The topological polar surface area (TPSA) is 28.2 Å². The Morgan fingerprint density at radius 3 is 2.59 bits per heavy atom. The van der Waals surface area contributed by atoms with Crippen molar-refractivity contribution in [1.82, 2.24) is 15.2 Å². The molecular formula is C13H25N3S. The van der Waals surface area contributed by atoms with Crippen LogP contribution >= 0.6 is 11.3 Å². The van der Waals surface area contributed by atoms with Gasteiger partial charge in [0.2, 0.25) is 0 Å². The van der Waals surface area contributed by atoms with Crippen LogP contribution in [0.1, 0.15) is 37.9 Å². The van der Waals surface area contributed by atoms with Crippen LogP contribution in [0.15, 0.2) is 5.38 Å². The fraction of sp³-hybridized carbons (Fsp3) is 0.769. The summed E-state index contributed by atoms with van der Waals surface area (Å²) in [5.41, 5.74) is 1.37. The zero-order chi connectivity index (χ0) is 12.9. The Bertz CT molecular complexity index is 326. The Balaban J connectivity index is 2.26. The van der Waals surface area contributed by atoms with Crippen molar-refractivity contribution in [3.05, 3.63) is 16.1 Å². The molecule has 0 spiro atoms. The summed E-state index contributed by atoms with van der Waals surface area (Å²) in [6.45, 7) is 9.71. The molecule has 3 nitrogen and oxygen atoms in total. The smallest absolute Gasteiger partial charge is 0.107 e. The molecule has 17 heavy (non-hydrogen) atoms. The fourth-order valence-electron chi connectivity index (χ4n) is 1.45. The van der Waals surface area contributed by atoms with Gasteiger partial charge in [-0.2, -0.15) is 0 Å². The first kappa shape index (κ1) is 14.6. The van der Waals surface area contributed by atoms with Gasteiger partial charge in [-0.05, 0) is 33.6 Å². The summed E-state index contributed by atoms with van der Waals surface area (Å²) in [7, 11) is 4.22. The van der Waals surface area contributed by atoms with Crippen LogP contribution in [0.5, 0.6) is 0 Å². The number of thiazole rings is 1. The summed E-state index contributed by atoms with van der Waals surface area (Å²) in [6.07, 6.45) is 1.19. The number of hydrogen-bond donors (Lipinski definition) is 1. The fourth-order valence-corrected chi connectivity index (χ4v) is 2.44. The van der Waals surface area contributed by atoms with Crippen molar-refractivity contribution in [2.45, 2.75) is 39.2 Å². The highest BCUT2D eigenvalue weighted by molar-refractivity contribution is 7.09. The van der Waals surface area contributed by atoms with E-state index in [2.05, 4.69) is 55.4 Å². The Morgan fingerprint density at radius 1 is 1.35 bits per heavy atom. The van der Waals surface area contributed by atoms with E-state index < -0.39 is 0 Å². The molecule has 0 saturated heterocycles. The van der Waals surface area contributed by atoms with Gasteiger partial charge in [-0.15, -0.1) is 11.3 Å². The van der Waals surface area contributed by atoms with Gasteiger partial charge in [-0.1, -0.05) is 20.8 Å². The molecule has 0 aliphatic carbocycles. The summed E-state index contributed by atoms with van der Waals surface area (Å²) in [6, 6.07) is 0. The molecule has 0 amide bonds. The molecule has 98 valence electrons. The molecule has 0 saturated carbocycles. The minimum absolute atomic E-state index is 0.166. The molecule has 0 fully saturated rings. The molecular weight excluding hydrogens is 230 g/mol. The van der Waals surface area contributed by atoms with Gasteiger partial charge in [-0.25, -0.2) is 4.98 Å². The van der Waals surface area contributed by atoms with Crippen LogP contribution in [0.25, 0.3) is 0 Å². The number of aromatic nitrogens is 1. The highest BCUT2D eigenvalue weighted by atomic mass is 32.1. The van der Waals surface area contributed by atoms with E-state index in [1.807, 2.05) is 0 Å². The van der Waals surface area contributed by atoms with Crippen LogP contribution in [0.4, 0.5) is 0 Å². The average molecular weight is 255 g/mol. The van der Waals surface area contributed by atoms with Gasteiger partial charge in [0.15, 0.2) is 0 Å². The van der Waals surface area contributed by atoms with Gasteiger partial charge in [0.25, 0.3) is 0 Å². The minimum Gasteiger partial charge on any atom is -0.310 e. The normalized spacial score (nSPS) is 12.4. The van der Waals surface area contributed by atoms with Crippen molar-refractivity contribution >= 4 is 11.3 Å². The number of nitrogens with one attached hydrogen (secondary N) is 1. The van der Waals surface area contributed by atoms with Gasteiger partial charge in [0, 0.05) is 17.3 Å². The number of hydrogen-bond acceptors (Lipinski definition) is 4. The second-order valence-corrected chi connectivity index (χ2v) is 6.65. The van der Waals surface area contributed by atoms with Crippen molar-refractivity contribution in [1.29, 1.82) is 0 Å². The molecule has 1 aromatic rings. The van der Waals surface area contributed by atoms with E-state index in [4.69, 9.17) is 0 Å². The third-order valence-corrected chi connectivity index (χ3v) is 3.40. The van der Waals surface area contributed by atoms with Crippen LogP contribution in [-0.4, -0.2) is 37.1 Å². The van der Waals surface area contributed by atoms with E-state index in [0.717, 1.165) is 19.6 Å². The number of nitrogens with zero attached hydrogens (tertiary/aromatic N) is 2. The summed E-state index contributed by atoms with van der Waals surface area (Å²) < 4.78 is 0. The Hall–Kier alpha value is -0.450. The summed E-state index contributed by atoms with van der Waals surface area (Å²) in [5, 5.41) is 6.81. The molecule has 0 aromatic carbocycles. The van der Waals surface area contributed by atoms with E-state index in [9.17, 15) is 0 Å². The van der Waals surface area contributed by atoms with Gasteiger partial charge in [0.05, 0.1) is 5.69 Å². The molecule has 0 atom stereocenters. The second-order valence-electron chi connectivity index (χ2n) is 5.71. The maximum Gasteiger partial charge on any atom is 0.107 e. The maximum atomic E-state index is 4.66. The lowest BCUT2D eigenvalue weighted by molar-refractivity contribution is 0.394. The largest absolute Gasteiger partial charge is 0.310 e. The molecule has 1 rings (SSSR count). The summed E-state index contributed by atoms with van der Waals surface area (Å²) >= 11 is 1.76. The zero-order valence-electron chi connectivity index (χ0n) is 11.7. The van der Waals surface area contributed by atoms with Crippen molar-refractivity contribution in [2.24, 2.45) is 0 Å². The Labute approximate surface area is 109 Å². The molecule has 1 N–H and O–H groups in total. The lowest BCUT2D eigenvalue weighted by Gasteiger charge is -2.14. The summed E-state index contributed by atoms with van der Waals surface area (Å²) in [4.78, 5) is 6.87. The van der Waals surface area contributed by atoms with Gasteiger partial charge < -0.3 is 10.2 Å². The zero-order valence-corrected chi connectivity index (χ0v) is 12.5. The number of rotatable bonds is 6. The van der Waals surface area contributed by atoms with Gasteiger partial charge in [0.1, 0.15) is 5.01 Å².